The summed E-state index contributed by atoms with van der Waals surface area (Å²) >= 11 is 0. The SMILES string of the molecule is CCOP(=O)(OCC)OCC.CCOP(=O)(OCC)OCC.O. The standard InChI is InChI=1S/2C6H15O4P.H2O/c2*1-4-8-11(7,9-5-2)10-6-3;/h2*4-6H2,1-3H3;1H2. The van der Waals surface area contributed by atoms with E-state index >= 15 is 0 Å². The van der Waals surface area contributed by atoms with Crippen LogP contribution in [0.4, 0.5) is 0 Å². The molecule has 0 radical (unpaired) electrons. The van der Waals surface area contributed by atoms with Crippen molar-refractivity contribution in [3.8, 4) is 0 Å². The van der Waals surface area contributed by atoms with Crippen LogP contribution >= 0.6 is 15.6 Å². The van der Waals surface area contributed by atoms with E-state index < -0.39 is 15.6 Å². The molecule has 0 aliphatic rings. The lowest BCUT2D eigenvalue weighted by atomic mass is 10.9. The first-order valence-corrected chi connectivity index (χ1v) is 10.4. The van der Waals surface area contributed by atoms with Crippen molar-refractivity contribution in [1.82, 2.24) is 0 Å². The van der Waals surface area contributed by atoms with E-state index in [0.29, 0.717) is 39.6 Å². The Kier molecular flexibility index (Phi) is 20.7. The molecule has 0 aromatic carbocycles. The van der Waals surface area contributed by atoms with Gasteiger partial charge < -0.3 is 5.48 Å². The van der Waals surface area contributed by atoms with Gasteiger partial charge in [-0.05, 0) is 41.5 Å². The number of rotatable bonds is 12. The minimum absolute atomic E-state index is 0. The summed E-state index contributed by atoms with van der Waals surface area (Å²) in [6, 6.07) is 0. The van der Waals surface area contributed by atoms with Crippen molar-refractivity contribution in [3.63, 3.8) is 0 Å². The molecular weight excluding hydrogens is 350 g/mol. The Bertz CT molecular complexity index is 259. The van der Waals surface area contributed by atoms with Gasteiger partial charge in [-0.2, -0.15) is 0 Å². The predicted molar refractivity (Wildman–Crippen MR) is 88.6 cm³/mol. The van der Waals surface area contributed by atoms with E-state index in [2.05, 4.69) is 0 Å². The van der Waals surface area contributed by atoms with E-state index in [-0.39, 0.29) is 5.48 Å². The van der Waals surface area contributed by atoms with Crippen molar-refractivity contribution in [2.24, 2.45) is 0 Å². The van der Waals surface area contributed by atoms with E-state index in [1.165, 1.54) is 0 Å². The highest BCUT2D eigenvalue weighted by Gasteiger charge is 2.24. The Morgan fingerprint density at radius 1 is 0.478 bits per heavy atom. The van der Waals surface area contributed by atoms with Gasteiger partial charge in [-0.3, -0.25) is 27.1 Å². The highest BCUT2D eigenvalue weighted by molar-refractivity contribution is 7.48. The Balaban J connectivity index is -0.000000333. The topological polar surface area (TPSA) is 121 Å². The number of hydrogen-bond acceptors (Lipinski definition) is 8. The van der Waals surface area contributed by atoms with Crippen molar-refractivity contribution < 1.29 is 41.7 Å². The summed E-state index contributed by atoms with van der Waals surface area (Å²) in [5, 5.41) is 0. The van der Waals surface area contributed by atoms with Gasteiger partial charge in [0.1, 0.15) is 0 Å². The Hall–Kier alpha value is 0.180. The second kappa shape index (κ2) is 17.0. The normalized spacial score (nSPS) is 11.4. The van der Waals surface area contributed by atoms with Gasteiger partial charge in [0.15, 0.2) is 0 Å². The molecule has 0 aliphatic carbocycles. The Labute approximate surface area is 139 Å². The van der Waals surface area contributed by atoms with Crippen LogP contribution in [0.25, 0.3) is 0 Å². The van der Waals surface area contributed by atoms with Crippen LogP contribution in [0.2, 0.25) is 0 Å². The molecule has 23 heavy (non-hydrogen) atoms. The molecule has 11 heteroatoms. The molecule has 0 bridgehead atoms. The van der Waals surface area contributed by atoms with Crippen LogP contribution in [0.5, 0.6) is 0 Å². The average Bonchev–Trinajstić information content (AvgIpc) is 2.40. The summed E-state index contributed by atoms with van der Waals surface area (Å²) in [6.45, 7) is 12.4. The van der Waals surface area contributed by atoms with Crippen LogP contribution in [-0.2, 0) is 36.3 Å². The third-order valence-corrected chi connectivity index (χ3v) is 5.17. The fourth-order valence-corrected chi connectivity index (χ4v) is 3.52. The molecule has 0 aromatic heterocycles. The first kappa shape index (κ1) is 28.0. The number of phosphoric acid groups is 2. The molecule has 144 valence electrons. The zero-order valence-corrected chi connectivity index (χ0v) is 16.7. The lowest BCUT2D eigenvalue weighted by Gasteiger charge is -2.14. The summed E-state index contributed by atoms with van der Waals surface area (Å²) in [7, 11) is -6.44. The molecule has 0 unspecified atom stereocenters. The molecule has 0 saturated carbocycles. The maximum Gasteiger partial charge on any atom is 0.474 e. The largest absolute Gasteiger partial charge is 0.474 e. The van der Waals surface area contributed by atoms with Crippen molar-refractivity contribution >= 4 is 15.6 Å². The molecule has 0 aliphatic heterocycles. The van der Waals surface area contributed by atoms with Crippen LogP contribution in [0.1, 0.15) is 41.5 Å². The second-order valence-electron chi connectivity index (χ2n) is 3.40. The first-order valence-electron chi connectivity index (χ1n) is 7.44. The van der Waals surface area contributed by atoms with Crippen LogP contribution in [-0.4, -0.2) is 45.1 Å². The van der Waals surface area contributed by atoms with Gasteiger partial charge in [-0.25, -0.2) is 9.13 Å². The van der Waals surface area contributed by atoms with E-state index in [9.17, 15) is 9.13 Å². The van der Waals surface area contributed by atoms with Gasteiger partial charge in [0.2, 0.25) is 0 Å². The van der Waals surface area contributed by atoms with E-state index in [0.717, 1.165) is 0 Å². The summed E-state index contributed by atoms with van der Waals surface area (Å²) < 4.78 is 51.6. The summed E-state index contributed by atoms with van der Waals surface area (Å²) in [4.78, 5) is 0. The first-order chi connectivity index (χ1) is 10.4. The summed E-state index contributed by atoms with van der Waals surface area (Å²) in [5.41, 5.74) is 0. The Morgan fingerprint density at radius 3 is 0.696 bits per heavy atom. The summed E-state index contributed by atoms with van der Waals surface area (Å²) in [5.74, 6) is 0. The third-order valence-electron chi connectivity index (χ3n) is 1.72. The Morgan fingerprint density at radius 2 is 0.609 bits per heavy atom. The van der Waals surface area contributed by atoms with Crippen LogP contribution in [0, 0.1) is 0 Å². The summed E-state index contributed by atoms with van der Waals surface area (Å²) in [6.07, 6.45) is 0. The predicted octanol–water partition coefficient (Wildman–Crippen LogP) is 3.58. The van der Waals surface area contributed by atoms with Crippen molar-refractivity contribution in [3.05, 3.63) is 0 Å². The molecule has 0 atom stereocenters. The highest BCUT2D eigenvalue weighted by Crippen LogP contribution is 2.49. The zero-order valence-electron chi connectivity index (χ0n) is 14.9. The molecule has 0 amide bonds. The molecule has 2 N–H and O–H groups in total. The minimum atomic E-state index is -3.22. The number of hydrogen-bond donors (Lipinski definition) is 0. The molecular formula is C12H32O9P2. The fraction of sp³-hybridized carbons (Fsp3) is 1.00. The molecule has 9 nitrogen and oxygen atoms in total. The number of phosphoric ester groups is 2. The van der Waals surface area contributed by atoms with E-state index in [1.54, 1.807) is 41.5 Å². The molecule has 0 saturated heterocycles. The molecule has 0 rings (SSSR count). The van der Waals surface area contributed by atoms with Crippen LogP contribution < -0.4 is 0 Å². The van der Waals surface area contributed by atoms with Gasteiger partial charge in [0, 0.05) is 0 Å². The molecule has 0 heterocycles. The van der Waals surface area contributed by atoms with Gasteiger partial charge in [-0.1, -0.05) is 0 Å². The van der Waals surface area contributed by atoms with Crippen LogP contribution in [0.15, 0.2) is 0 Å². The zero-order chi connectivity index (χ0) is 17.5. The van der Waals surface area contributed by atoms with Gasteiger partial charge in [0.05, 0.1) is 39.6 Å². The monoisotopic (exact) mass is 382 g/mol. The minimum Gasteiger partial charge on any atom is -0.412 e. The highest BCUT2D eigenvalue weighted by atomic mass is 31.2. The third kappa shape index (κ3) is 15.4. The van der Waals surface area contributed by atoms with Gasteiger partial charge in [-0.15, -0.1) is 0 Å². The fourth-order valence-electron chi connectivity index (χ4n) is 1.17. The van der Waals surface area contributed by atoms with Crippen molar-refractivity contribution in [2.45, 2.75) is 41.5 Å². The lowest BCUT2D eigenvalue weighted by Crippen LogP contribution is -1.99. The maximum absolute atomic E-state index is 11.3. The smallest absolute Gasteiger partial charge is 0.412 e. The molecule has 0 spiro atoms. The quantitative estimate of drug-likeness (QED) is 0.470. The van der Waals surface area contributed by atoms with Crippen molar-refractivity contribution in [2.75, 3.05) is 39.6 Å². The molecule has 0 fully saturated rings. The van der Waals surface area contributed by atoms with Crippen molar-refractivity contribution in [1.29, 1.82) is 0 Å². The van der Waals surface area contributed by atoms with Gasteiger partial charge >= 0.3 is 15.6 Å². The van der Waals surface area contributed by atoms with Crippen LogP contribution in [0.3, 0.4) is 0 Å². The van der Waals surface area contributed by atoms with Gasteiger partial charge in [0.25, 0.3) is 0 Å². The molecule has 0 aromatic rings. The second-order valence-corrected chi connectivity index (χ2v) is 6.74. The van der Waals surface area contributed by atoms with E-state index in [1.807, 2.05) is 0 Å². The lowest BCUT2D eigenvalue weighted by molar-refractivity contribution is 0.125. The maximum atomic E-state index is 11.3. The van der Waals surface area contributed by atoms with E-state index in [4.69, 9.17) is 27.1 Å². The average molecular weight is 382 g/mol.